The van der Waals surface area contributed by atoms with Crippen molar-refractivity contribution in [2.24, 2.45) is 0 Å². The highest BCUT2D eigenvalue weighted by atomic mass is 32.2. The molecular formula is C6H12O2S. The summed E-state index contributed by atoms with van der Waals surface area (Å²) < 4.78 is 4.61. The van der Waals surface area contributed by atoms with Crippen LogP contribution in [-0.2, 0) is 15.6 Å². The molecule has 0 bridgehead atoms. The second-order valence-corrected chi connectivity index (χ2v) is 4.29. The first kappa shape index (κ1) is 8.69. The van der Waals surface area contributed by atoms with Crippen LogP contribution in [-0.4, -0.2) is 24.9 Å². The number of rotatable bonds is 4. The Morgan fingerprint density at radius 3 is 2.56 bits per heavy atom. The Balaban J connectivity index is 3.01. The minimum Gasteiger partial charge on any atom is -0.609 e. The van der Waals surface area contributed by atoms with Gasteiger partial charge >= 0.3 is 0 Å². The molecule has 54 valence electrons. The standard InChI is InChI=1S/C6H12O2S/c1-6(7)8-4-5-9(2)3/h1,4-5H2,2-3H3. The van der Waals surface area contributed by atoms with E-state index in [1.54, 1.807) is 0 Å². The van der Waals surface area contributed by atoms with Gasteiger partial charge in [-0.05, 0) is 10.9 Å². The topological polar surface area (TPSA) is 32.3 Å². The van der Waals surface area contributed by atoms with Crippen LogP contribution in [0.5, 0.6) is 0 Å². The zero-order valence-electron chi connectivity index (χ0n) is 5.85. The van der Waals surface area contributed by atoms with E-state index in [4.69, 9.17) is 0 Å². The summed E-state index contributed by atoms with van der Waals surface area (Å²) in [5, 5.41) is 10.1. The third kappa shape index (κ3) is 7.69. The summed E-state index contributed by atoms with van der Waals surface area (Å²) in [5.74, 6) is 0.516. The van der Waals surface area contributed by atoms with Gasteiger partial charge < -0.3 is 9.84 Å². The first-order valence-electron chi connectivity index (χ1n) is 2.66. The summed E-state index contributed by atoms with van der Waals surface area (Å²) in [5.41, 5.74) is 0. The Kier molecular flexibility index (Phi) is 4.40. The van der Waals surface area contributed by atoms with Gasteiger partial charge in [0.15, 0.2) is 0 Å². The van der Waals surface area contributed by atoms with Gasteiger partial charge in [-0.25, -0.2) is 0 Å². The maximum absolute atomic E-state index is 10.1. The summed E-state index contributed by atoms with van der Waals surface area (Å²) in [7, 11) is 0.363. The second kappa shape index (κ2) is 4.56. The van der Waals surface area contributed by atoms with Crippen molar-refractivity contribution in [2.45, 2.75) is 0 Å². The minimum absolute atomic E-state index is 0.363. The van der Waals surface area contributed by atoms with Crippen LogP contribution in [0.1, 0.15) is 0 Å². The maximum atomic E-state index is 10.1. The Morgan fingerprint density at radius 1 is 1.67 bits per heavy atom. The predicted molar refractivity (Wildman–Crippen MR) is 39.2 cm³/mol. The van der Waals surface area contributed by atoms with Gasteiger partial charge in [0.25, 0.3) is 0 Å². The van der Waals surface area contributed by atoms with Crippen LogP contribution in [0.2, 0.25) is 0 Å². The van der Waals surface area contributed by atoms with Crippen molar-refractivity contribution in [1.82, 2.24) is 0 Å². The first-order valence-corrected chi connectivity index (χ1v) is 4.87. The smallest absolute Gasteiger partial charge is 0.116 e. The molecule has 0 spiro atoms. The van der Waals surface area contributed by atoms with Crippen molar-refractivity contribution in [3.63, 3.8) is 0 Å². The second-order valence-electron chi connectivity index (χ2n) is 1.91. The van der Waals surface area contributed by atoms with Crippen LogP contribution in [0.3, 0.4) is 0 Å². The molecule has 0 aromatic heterocycles. The average molecular weight is 148 g/mol. The van der Waals surface area contributed by atoms with E-state index in [1.807, 2.05) is 0 Å². The van der Waals surface area contributed by atoms with E-state index in [-0.39, 0.29) is 0 Å². The van der Waals surface area contributed by atoms with Gasteiger partial charge in [0.05, 0.1) is 12.5 Å². The zero-order valence-corrected chi connectivity index (χ0v) is 6.66. The number of ether oxygens (including phenoxy) is 1. The van der Waals surface area contributed by atoms with Gasteiger partial charge in [-0.2, -0.15) is 0 Å². The molecule has 0 unspecified atom stereocenters. The van der Waals surface area contributed by atoms with Crippen molar-refractivity contribution < 1.29 is 9.84 Å². The molecule has 0 atom stereocenters. The minimum atomic E-state index is -0.430. The lowest BCUT2D eigenvalue weighted by Crippen LogP contribution is -2.13. The van der Waals surface area contributed by atoms with Crippen molar-refractivity contribution >= 4 is 10.9 Å². The third-order valence-corrected chi connectivity index (χ3v) is 1.74. The Morgan fingerprint density at radius 2 is 2.22 bits per heavy atom. The van der Waals surface area contributed by atoms with Gasteiger partial charge in [0.1, 0.15) is 5.75 Å². The van der Waals surface area contributed by atoms with Crippen LogP contribution in [0.25, 0.3) is 0 Å². The Hall–Kier alpha value is -0.310. The van der Waals surface area contributed by atoms with Crippen LogP contribution in [0, 0.1) is 0 Å². The van der Waals surface area contributed by atoms with Gasteiger partial charge in [0.2, 0.25) is 0 Å². The van der Waals surface area contributed by atoms with Crippen LogP contribution in [0.15, 0.2) is 12.5 Å². The molecule has 0 heterocycles. The first-order chi connectivity index (χ1) is 4.13. The third-order valence-electron chi connectivity index (χ3n) is 0.755. The van der Waals surface area contributed by atoms with E-state index in [0.29, 0.717) is 17.5 Å². The van der Waals surface area contributed by atoms with E-state index in [2.05, 4.69) is 23.8 Å². The fraction of sp³-hybridized carbons (Fsp3) is 0.667. The molecule has 0 saturated carbocycles. The molecule has 9 heavy (non-hydrogen) atoms. The van der Waals surface area contributed by atoms with E-state index in [1.165, 1.54) is 0 Å². The molecule has 0 aromatic rings. The molecule has 3 heteroatoms. The van der Waals surface area contributed by atoms with Crippen LogP contribution < -0.4 is 5.11 Å². The molecule has 0 radical (unpaired) electrons. The van der Waals surface area contributed by atoms with Gasteiger partial charge in [-0.15, -0.1) is 0 Å². The Labute approximate surface area is 58.9 Å². The highest BCUT2D eigenvalue weighted by molar-refractivity contribution is 7.95. The molecule has 0 amide bonds. The van der Waals surface area contributed by atoms with E-state index < -0.39 is 5.95 Å². The van der Waals surface area contributed by atoms with Crippen molar-refractivity contribution in [1.29, 1.82) is 0 Å². The summed E-state index contributed by atoms with van der Waals surface area (Å²) >= 11 is 0. The molecule has 0 fully saturated rings. The monoisotopic (exact) mass is 148 g/mol. The molecule has 0 aliphatic rings. The maximum Gasteiger partial charge on any atom is 0.116 e. The number of hydrogen-bond donors (Lipinski definition) is 0. The molecule has 0 aromatic carbocycles. The quantitative estimate of drug-likeness (QED) is 0.405. The molecule has 0 saturated heterocycles. The van der Waals surface area contributed by atoms with Gasteiger partial charge in [0, 0.05) is 12.6 Å². The van der Waals surface area contributed by atoms with E-state index >= 15 is 0 Å². The fourth-order valence-electron chi connectivity index (χ4n) is 0.322. The van der Waals surface area contributed by atoms with E-state index in [0.717, 1.165) is 5.75 Å². The predicted octanol–water partition coefficient (Wildman–Crippen LogP) is -0.288. The van der Waals surface area contributed by atoms with Gasteiger partial charge in [-0.1, -0.05) is 6.58 Å². The Bertz CT molecular complexity index is 91.1. The lowest BCUT2D eigenvalue weighted by molar-refractivity contribution is -0.355. The lowest BCUT2D eigenvalue weighted by atomic mass is 10.8. The summed E-state index contributed by atoms with van der Waals surface area (Å²) in [6.07, 6.45) is 4.22. The molecule has 0 aliphatic carbocycles. The summed E-state index contributed by atoms with van der Waals surface area (Å²) in [6, 6.07) is 0. The normalized spacial score (nSPS) is 9.67. The van der Waals surface area contributed by atoms with Crippen molar-refractivity contribution in [2.75, 3.05) is 24.9 Å². The zero-order chi connectivity index (χ0) is 7.28. The van der Waals surface area contributed by atoms with Crippen LogP contribution in [0.4, 0.5) is 0 Å². The molecule has 0 aliphatic heterocycles. The van der Waals surface area contributed by atoms with E-state index in [9.17, 15) is 5.11 Å². The SMILES string of the molecule is C=C([O-])OCC[S+](C)C. The fourth-order valence-corrected chi connectivity index (χ4v) is 0.739. The molecule has 0 N–H and O–H groups in total. The average Bonchev–Trinajstić information content (AvgIpc) is 1.63. The summed E-state index contributed by atoms with van der Waals surface area (Å²) in [6.45, 7) is 3.59. The largest absolute Gasteiger partial charge is 0.609 e. The van der Waals surface area contributed by atoms with Crippen LogP contribution >= 0.6 is 0 Å². The highest BCUT2D eigenvalue weighted by Crippen LogP contribution is 1.86. The highest BCUT2D eigenvalue weighted by Gasteiger charge is 1.96. The van der Waals surface area contributed by atoms with Crippen molar-refractivity contribution in [3.05, 3.63) is 12.5 Å². The van der Waals surface area contributed by atoms with Gasteiger partial charge in [-0.3, -0.25) is 0 Å². The lowest BCUT2D eigenvalue weighted by Gasteiger charge is -2.11. The number of hydrogen-bond acceptors (Lipinski definition) is 2. The summed E-state index contributed by atoms with van der Waals surface area (Å²) in [4.78, 5) is 0. The molecule has 2 nitrogen and oxygen atoms in total. The van der Waals surface area contributed by atoms with Crippen molar-refractivity contribution in [3.8, 4) is 0 Å². The molecular weight excluding hydrogens is 136 g/mol. The molecule has 0 rings (SSSR count).